The van der Waals surface area contributed by atoms with Crippen LogP contribution in [0, 0.1) is 12.7 Å². The van der Waals surface area contributed by atoms with E-state index in [0.717, 1.165) is 54.6 Å². The molecule has 2 atom stereocenters. The molecule has 1 aliphatic carbocycles. The van der Waals surface area contributed by atoms with Crippen LogP contribution in [0.4, 0.5) is 26.0 Å². The number of aryl methyl sites for hydroxylation is 1. The number of carbonyl (C=O) groups excluding carboxylic acids is 2. The van der Waals surface area contributed by atoms with Crippen molar-refractivity contribution < 1.29 is 18.4 Å². The number of likely N-dealkylation sites (tertiary alicyclic amines) is 1. The zero-order chi connectivity index (χ0) is 34.8. The van der Waals surface area contributed by atoms with Crippen molar-refractivity contribution in [3.05, 3.63) is 65.2 Å². The van der Waals surface area contributed by atoms with Gasteiger partial charge in [0.05, 0.1) is 28.6 Å². The zero-order valence-electron chi connectivity index (χ0n) is 29.1. The molecule has 2 fully saturated rings. The molecule has 1 saturated heterocycles. The number of anilines is 3. The third kappa shape index (κ3) is 5.65. The van der Waals surface area contributed by atoms with Gasteiger partial charge in [0.2, 0.25) is 5.91 Å². The van der Waals surface area contributed by atoms with Crippen LogP contribution in [0.15, 0.2) is 42.7 Å². The van der Waals surface area contributed by atoms with E-state index in [2.05, 4.69) is 29.4 Å². The smallest absolute Gasteiger partial charge is 0.251 e. The summed E-state index contributed by atoms with van der Waals surface area (Å²) >= 11 is 0. The predicted molar refractivity (Wildman–Crippen MR) is 189 cm³/mol. The SMILES string of the molecule is CC[C@H](C)n1cnc2cc(-c3ccc4c(c3)N(C3CC(N5CCC[C@@H](F)C5)C3)C(=O)C4(C)C)nc(Nc3cc(C(=O)NC)c(C)cc3F)c21. The molecule has 4 heterocycles. The van der Waals surface area contributed by atoms with Gasteiger partial charge < -0.3 is 20.1 Å². The van der Waals surface area contributed by atoms with Gasteiger partial charge in [0.1, 0.15) is 17.5 Å². The van der Waals surface area contributed by atoms with Crippen molar-refractivity contribution in [1.82, 2.24) is 24.8 Å². The number of nitrogens with zero attached hydrogens (tertiary/aromatic N) is 5. The first-order valence-electron chi connectivity index (χ1n) is 17.4. The van der Waals surface area contributed by atoms with Crippen molar-refractivity contribution in [3.63, 3.8) is 0 Å². The lowest BCUT2D eigenvalue weighted by molar-refractivity contribution is -0.123. The molecule has 258 valence electrons. The van der Waals surface area contributed by atoms with Gasteiger partial charge in [-0.3, -0.25) is 14.5 Å². The van der Waals surface area contributed by atoms with Crippen LogP contribution in [-0.2, 0) is 10.2 Å². The minimum Gasteiger partial charge on any atom is -0.355 e. The predicted octanol–water partition coefficient (Wildman–Crippen LogP) is 7.21. The van der Waals surface area contributed by atoms with E-state index >= 15 is 4.39 Å². The Kier molecular flexibility index (Phi) is 8.45. The summed E-state index contributed by atoms with van der Waals surface area (Å²) in [5.74, 6) is -0.318. The third-order valence-corrected chi connectivity index (χ3v) is 11.0. The molecule has 2 amide bonds. The first-order chi connectivity index (χ1) is 23.4. The Morgan fingerprint density at radius 3 is 2.63 bits per heavy atom. The maximum Gasteiger partial charge on any atom is 0.251 e. The Morgan fingerprint density at radius 1 is 1.14 bits per heavy atom. The third-order valence-electron chi connectivity index (χ3n) is 11.0. The molecule has 4 aromatic rings. The maximum atomic E-state index is 15.4. The quantitative estimate of drug-likeness (QED) is 0.206. The standard InChI is InChI=1S/C38H45F2N7O2/c1-7-22(3)46-20-42-32-18-30(43-35(34(32)46)44-31-17-27(36(48)41-6)21(2)13-29(31)40)23-10-11-28-33(14-23)47(37(49)38(28,4)5)26-15-25(16-26)45-12-8-9-24(39)19-45/h10-11,13-14,17-18,20,22,24-26H,7-9,12,15-16,19H2,1-6H3,(H,41,48)(H,43,44)/t22-,24+,25?,26?/m0/s1. The van der Waals surface area contributed by atoms with Crippen LogP contribution in [0.5, 0.6) is 0 Å². The van der Waals surface area contributed by atoms with Gasteiger partial charge in [0.25, 0.3) is 5.91 Å². The molecular formula is C38H45F2N7O2. The highest BCUT2D eigenvalue weighted by molar-refractivity contribution is 6.09. The zero-order valence-corrected chi connectivity index (χ0v) is 29.1. The highest BCUT2D eigenvalue weighted by atomic mass is 19.1. The number of carbonyl (C=O) groups is 2. The van der Waals surface area contributed by atoms with Gasteiger partial charge in [-0.1, -0.05) is 19.1 Å². The summed E-state index contributed by atoms with van der Waals surface area (Å²) in [5.41, 5.74) is 5.03. The Morgan fingerprint density at radius 2 is 1.92 bits per heavy atom. The largest absolute Gasteiger partial charge is 0.355 e. The molecule has 1 saturated carbocycles. The van der Waals surface area contributed by atoms with Crippen LogP contribution in [0.2, 0.25) is 0 Å². The fourth-order valence-corrected chi connectivity index (χ4v) is 7.76. The first-order valence-corrected chi connectivity index (χ1v) is 17.4. The lowest BCUT2D eigenvalue weighted by Crippen LogP contribution is -2.58. The van der Waals surface area contributed by atoms with Crippen LogP contribution < -0.4 is 15.5 Å². The number of piperidine rings is 1. The number of alkyl halides is 1. The number of halogens is 2. The molecule has 9 nitrogen and oxygen atoms in total. The number of amides is 2. The number of nitrogens with one attached hydrogen (secondary N) is 2. The monoisotopic (exact) mass is 669 g/mol. The second kappa shape index (κ2) is 12.5. The number of hydrogen-bond donors (Lipinski definition) is 2. The van der Waals surface area contributed by atoms with E-state index < -0.39 is 17.4 Å². The topological polar surface area (TPSA) is 95.4 Å². The minimum atomic E-state index is -0.773. The van der Waals surface area contributed by atoms with Crippen molar-refractivity contribution in [1.29, 1.82) is 0 Å². The Hall–Kier alpha value is -4.38. The number of benzene rings is 2. The average molecular weight is 670 g/mol. The summed E-state index contributed by atoms with van der Waals surface area (Å²) in [6.07, 6.45) is 5.01. The molecule has 11 heteroatoms. The summed E-state index contributed by atoms with van der Waals surface area (Å²) in [7, 11) is 1.54. The van der Waals surface area contributed by atoms with E-state index in [4.69, 9.17) is 9.97 Å². The number of rotatable bonds is 8. The van der Waals surface area contributed by atoms with E-state index in [0.29, 0.717) is 41.1 Å². The molecule has 2 aromatic heterocycles. The highest BCUT2D eigenvalue weighted by Gasteiger charge is 2.50. The first kappa shape index (κ1) is 33.1. The molecule has 49 heavy (non-hydrogen) atoms. The molecule has 0 radical (unpaired) electrons. The number of hydrogen-bond acceptors (Lipinski definition) is 6. The van der Waals surface area contributed by atoms with Gasteiger partial charge in [-0.15, -0.1) is 0 Å². The molecule has 7 rings (SSSR count). The van der Waals surface area contributed by atoms with Crippen LogP contribution in [0.25, 0.3) is 22.3 Å². The molecule has 0 bridgehead atoms. The van der Waals surface area contributed by atoms with Crippen molar-refractivity contribution in [3.8, 4) is 11.3 Å². The summed E-state index contributed by atoms with van der Waals surface area (Å²) in [6, 6.07) is 11.3. The number of fused-ring (bicyclic) bond motifs is 2. The number of pyridine rings is 1. The molecule has 3 aliphatic rings. The number of aromatic nitrogens is 3. The van der Waals surface area contributed by atoms with Gasteiger partial charge in [-0.2, -0.15) is 0 Å². The molecular weight excluding hydrogens is 624 g/mol. The van der Waals surface area contributed by atoms with Crippen molar-refractivity contribution >= 4 is 40.0 Å². The average Bonchev–Trinajstić information content (AvgIpc) is 3.57. The van der Waals surface area contributed by atoms with E-state index in [9.17, 15) is 14.0 Å². The number of imidazole rings is 1. The van der Waals surface area contributed by atoms with Crippen molar-refractivity contribution in [2.45, 2.75) is 96.4 Å². The van der Waals surface area contributed by atoms with E-state index in [1.165, 1.54) is 12.1 Å². The van der Waals surface area contributed by atoms with Crippen molar-refractivity contribution in [2.75, 3.05) is 30.4 Å². The lowest BCUT2D eigenvalue weighted by Gasteiger charge is -2.48. The van der Waals surface area contributed by atoms with Crippen LogP contribution >= 0.6 is 0 Å². The van der Waals surface area contributed by atoms with Gasteiger partial charge in [-0.05, 0) is 102 Å². The minimum absolute atomic E-state index is 0.0474. The molecule has 2 aliphatic heterocycles. The maximum absolute atomic E-state index is 15.4. The summed E-state index contributed by atoms with van der Waals surface area (Å²) in [4.78, 5) is 40.5. The van der Waals surface area contributed by atoms with Gasteiger partial charge >= 0.3 is 0 Å². The second-order valence-corrected chi connectivity index (χ2v) is 14.5. The Bertz CT molecular complexity index is 1950. The Balaban J connectivity index is 1.28. The summed E-state index contributed by atoms with van der Waals surface area (Å²) < 4.78 is 31.6. The van der Waals surface area contributed by atoms with Crippen LogP contribution in [0.3, 0.4) is 0 Å². The molecule has 2 aromatic carbocycles. The normalized spacial score (nSPS) is 22.6. The molecule has 2 N–H and O–H groups in total. The molecule has 0 unspecified atom stereocenters. The summed E-state index contributed by atoms with van der Waals surface area (Å²) in [5, 5.41) is 5.84. The van der Waals surface area contributed by atoms with E-state index in [1.807, 2.05) is 47.6 Å². The van der Waals surface area contributed by atoms with Crippen LogP contribution in [-0.4, -0.2) is 69.6 Å². The second-order valence-electron chi connectivity index (χ2n) is 14.5. The Labute approximate surface area is 286 Å². The van der Waals surface area contributed by atoms with Gasteiger partial charge in [0.15, 0.2) is 5.82 Å². The van der Waals surface area contributed by atoms with Gasteiger partial charge in [0, 0.05) is 48.5 Å². The van der Waals surface area contributed by atoms with Crippen LogP contribution in [0.1, 0.15) is 87.3 Å². The lowest BCUT2D eigenvalue weighted by atomic mass is 9.82. The fourth-order valence-electron chi connectivity index (χ4n) is 7.76. The van der Waals surface area contributed by atoms with Gasteiger partial charge in [-0.25, -0.2) is 18.7 Å². The molecule has 0 spiro atoms. The fraction of sp³-hybridized carbons (Fsp3) is 0.474. The van der Waals surface area contributed by atoms with E-state index in [-0.39, 0.29) is 35.6 Å². The highest BCUT2D eigenvalue weighted by Crippen LogP contribution is 2.48. The van der Waals surface area contributed by atoms with Crippen molar-refractivity contribution in [2.24, 2.45) is 0 Å². The van der Waals surface area contributed by atoms with E-state index in [1.54, 1.807) is 20.3 Å². The summed E-state index contributed by atoms with van der Waals surface area (Å²) in [6.45, 7) is 11.2.